The Morgan fingerprint density at radius 1 is 1.54 bits per heavy atom. The third kappa shape index (κ3) is 2.43. The molecule has 0 aliphatic carbocycles. The van der Waals surface area contributed by atoms with Crippen molar-refractivity contribution in [2.75, 3.05) is 0 Å². The van der Waals surface area contributed by atoms with Crippen LogP contribution in [-0.4, -0.2) is 16.2 Å². The molecule has 0 aromatic heterocycles. The van der Waals surface area contributed by atoms with E-state index in [0.717, 1.165) is 0 Å². The van der Waals surface area contributed by atoms with Crippen LogP contribution in [0.1, 0.15) is 11.7 Å². The fourth-order valence-electron chi connectivity index (χ4n) is 0.857. The number of carbonyl (C=O) groups is 1. The summed E-state index contributed by atoms with van der Waals surface area (Å²) in [7, 11) is 0. The van der Waals surface area contributed by atoms with Gasteiger partial charge in [-0.2, -0.15) is 0 Å². The molecule has 0 radical (unpaired) electrons. The second-order valence-corrected chi connectivity index (χ2v) is 3.73. The van der Waals surface area contributed by atoms with E-state index < -0.39 is 12.1 Å². The van der Waals surface area contributed by atoms with Crippen LogP contribution in [0.4, 0.5) is 0 Å². The molecule has 13 heavy (non-hydrogen) atoms. The van der Waals surface area contributed by atoms with Crippen molar-refractivity contribution in [2.24, 2.45) is 0 Å². The lowest BCUT2D eigenvalue weighted by Gasteiger charge is -2.07. The molecule has 2 N–H and O–H groups in total. The van der Waals surface area contributed by atoms with Gasteiger partial charge in [0.2, 0.25) is 0 Å². The van der Waals surface area contributed by atoms with Crippen LogP contribution in [0.15, 0.2) is 22.7 Å². The number of hydrogen-bond acceptors (Lipinski definition) is 2. The number of hydrogen-bond donors (Lipinski definition) is 2. The minimum Gasteiger partial charge on any atom is -0.479 e. The van der Waals surface area contributed by atoms with Crippen LogP contribution in [0, 0.1) is 0 Å². The average molecular weight is 265 g/mol. The summed E-state index contributed by atoms with van der Waals surface area (Å²) in [5.74, 6) is -1.32. The van der Waals surface area contributed by atoms with E-state index in [9.17, 15) is 9.90 Å². The maximum absolute atomic E-state index is 10.4. The van der Waals surface area contributed by atoms with Gasteiger partial charge >= 0.3 is 5.97 Å². The van der Waals surface area contributed by atoms with Crippen molar-refractivity contribution < 1.29 is 15.0 Å². The summed E-state index contributed by atoms with van der Waals surface area (Å²) < 4.78 is 0.673. The van der Waals surface area contributed by atoms with Crippen LogP contribution in [0.2, 0.25) is 5.02 Å². The van der Waals surface area contributed by atoms with E-state index in [-0.39, 0.29) is 10.6 Å². The van der Waals surface area contributed by atoms with Gasteiger partial charge in [0.1, 0.15) is 0 Å². The molecule has 1 aromatic rings. The molecule has 0 saturated carbocycles. The highest BCUT2D eigenvalue weighted by atomic mass is 79.9. The molecular weight excluding hydrogens is 259 g/mol. The summed E-state index contributed by atoms with van der Waals surface area (Å²) in [4.78, 5) is 10.4. The molecule has 0 aliphatic rings. The first kappa shape index (κ1) is 10.5. The highest BCUT2D eigenvalue weighted by Gasteiger charge is 2.18. The highest BCUT2D eigenvalue weighted by molar-refractivity contribution is 9.10. The summed E-state index contributed by atoms with van der Waals surface area (Å²) in [6.07, 6.45) is -1.58. The number of benzene rings is 1. The minimum atomic E-state index is -1.58. The summed E-state index contributed by atoms with van der Waals surface area (Å²) >= 11 is 8.84. The normalized spacial score (nSPS) is 12.5. The Kier molecular flexibility index (Phi) is 3.30. The number of halogens is 2. The number of carboxylic acids is 1. The van der Waals surface area contributed by atoms with Crippen LogP contribution in [0.25, 0.3) is 0 Å². The van der Waals surface area contributed by atoms with Crippen molar-refractivity contribution in [3.05, 3.63) is 33.3 Å². The van der Waals surface area contributed by atoms with E-state index in [1.165, 1.54) is 12.1 Å². The van der Waals surface area contributed by atoms with Gasteiger partial charge in [0.25, 0.3) is 0 Å². The molecule has 5 heteroatoms. The van der Waals surface area contributed by atoms with Gasteiger partial charge in [0, 0.05) is 15.1 Å². The fourth-order valence-corrected chi connectivity index (χ4v) is 1.46. The standard InChI is InChI=1S/C8H6BrClO3/c9-4-1-2-6(10)5(3-4)7(11)8(12)13/h1-3,7,11H,(H,12,13)/t7-/m1/s1. The second kappa shape index (κ2) is 4.09. The zero-order valence-electron chi connectivity index (χ0n) is 6.37. The number of aliphatic hydroxyl groups is 1. The van der Waals surface area contributed by atoms with Crippen molar-refractivity contribution in [1.82, 2.24) is 0 Å². The maximum Gasteiger partial charge on any atom is 0.337 e. The van der Waals surface area contributed by atoms with E-state index >= 15 is 0 Å². The number of carboxylic acid groups (broad SMARTS) is 1. The van der Waals surface area contributed by atoms with Crippen molar-refractivity contribution in [3.8, 4) is 0 Å². The first-order chi connectivity index (χ1) is 6.02. The van der Waals surface area contributed by atoms with E-state index in [4.69, 9.17) is 16.7 Å². The lowest BCUT2D eigenvalue weighted by atomic mass is 10.1. The first-order valence-electron chi connectivity index (χ1n) is 3.38. The van der Waals surface area contributed by atoms with Gasteiger partial charge in [-0.25, -0.2) is 4.79 Å². The van der Waals surface area contributed by atoms with Gasteiger partial charge in [-0.15, -0.1) is 0 Å². The maximum atomic E-state index is 10.4. The molecule has 3 nitrogen and oxygen atoms in total. The topological polar surface area (TPSA) is 57.5 Å². The smallest absolute Gasteiger partial charge is 0.337 e. The Labute approximate surface area is 88.1 Å². The van der Waals surface area contributed by atoms with Crippen LogP contribution < -0.4 is 0 Å². The third-order valence-electron chi connectivity index (χ3n) is 1.49. The monoisotopic (exact) mass is 264 g/mol. The molecule has 0 saturated heterocycles. The number of aliphatic carboxylic acids is 1. The Hall–Kier alpha value is -0.580. The number of aliphatic hydroxyl groups excluding tert-OH is 1. The van der Waals surface area contributed by atoms with Crippen molar-refractivity contribution >= 4 is 33.5 Å². The lowest BCUT2D eigenvalue weighted by molar-refractivity contribution is -0.146. The molecule has 1 aromatic carbocycles. The Morgan fingerprint density at radius 2 is 2.15 bits per heavy atom. The second-order valence-electron chi connectivity index (χ2n) is 2.41. The summed E-state index contributed by atoms with van der Waals surface area (Å²) in [6.45, 7) is 0. The van der Waals surface area contributed by atoms with Gasteiger partial charge in [0.05, 0.1) is 0 Å². The molecule has 0 bridgehead atoms. The van der Waals surface area contributed by atoms with Gasteiger partial charge in [0.15, 0.2) is 6.10 Å². The summed E-state index contributed by atoms with van der Waals surface area (Å²) in [5, 5.41) is 18.0. The lowest BCUT2D eigenvalue weighted by Crippen LogP contribution is -2.10. The van der Waals surface area contributed by atoms with Gasteiger partial charge < -0.3 is 10.2 Å². The fraction of sp³-hybridized carbons (Fsp3) is 0.125. The predicted molar refractivity (Wildman–Crippen MR) is 51.7 cm³/mol. The Morgan fingerprint density at radius 3 is 2.69 bits per heavy atom. The van der Waals surface area contributed by atoms with Crippen LogP contribution in [0.5, 0.6) is 0 Å². The quantitative estimate of drug-likeness (QED) is 0.862. The molecular formula is C8H6BrClO3. The highest BCUT2D eigenvalue weighted by Crippen LogP contribution is 2.26. The van der Waals surface area contributed by atoms with Crippen molar-refractivity contribution in [1.29, 1.82) is 0 Å². The zero-order chi connectivity index (χ0) is 10.0. The molecule has 0 heterocycles. The van der Waals surface area contributed by atoms with Crippen molar-refractivity contribution in [3.63, 3.8) is 0 Å². The minimum absolute atomic E-state index is 0.184. The third-order valence-corrected chi connectivity index (χ3v) is 2.32. The molecule has 0 fully saturated rings. The van der Waals surface area contributed by atoms with E-state index in [1.807, 2.05) is 0 Å². The molecule has 1 atom stereocenters. The van der Waals surface area contributed by atoms with E-state index in [2.05, 4.69) is 15.9 Å². The van der Waals surface area contributed by atoms with E-state index in [1.54, 1.807) is 6.07 Å². The van der Waals surface area contributed by atoms with Crippen LogP contribution >= 0.6 is 27.5 Å². The molecule has 70 valence electrons. The molecule has 0 unspecified atom stereocenters. The van der Waals surface area contributed by atoms with Crippen molar-refractivity contribution in [2.45, 2.75) is 6.10 Å². The van der Waals surface area contributed by atoms with Gasteiger partial charge in [-0.1, -0.05) is 27.5 Å². The molecule has 1 rings (SSSR count). The molecule has 0 amide bonds. The molecule has 0 aliphatic heterocycles. The largest absolute Gasteiger partial charge is 0.479 e. The van der Waals surface area contributed by atoms with Crippen LogP contribution in [0.3, 0.4) is 0 Å². The van der Waals surface area contributed by atoms with Gasteiger partial charge in [-0.05, 0) is 18.2 Å². The summed E-state index contributed by atoms with van der Waals surface area (Å²) in [6, 6.07) is 4.66. The predicted octanol–water partition coefficient (Wildman–Crippen LogP) is 2.22. The Balaban J connectivity index is 3.12. The van der Waals surface area contributed by atoms with Crippen LogP contribution in [-0.2, 0) is 4.79 Å². The average Bonchev–Trinajstić information content (AvgIpc) is 2.08. The summed E-state index contributed by atoms with van der Waals surface area (Å²) in [5.41, 5.74) is 0.184. The van der Waals surface area contributed by atoms with E-state index in [0.29, 0.717) is 4.47 Å². The first-order valence-corrected chi connectivity index (χ1v) is 4.55. The van der Waals surface area contributed by atoms with Gasteiger partial charge in [-0.3, -0.25) is 0 Å². The zero-order valence-corrected chi connectivity index (χ0v) is 8.71. The number of rotatable bonds is 2. The SMILES string of the molecule is O=C(O)[C@H](O)c1cc(Br)ccc1Cl. The molecule has 0 spiro atoms. The Bertz CT molecular complexity index is 340.